The Bertz CT molecular complexity index is 1350. The van der Waals surface area contributed by atoms with Gasteiger partial charge in [-0.2, -0.15) is 0 Å². The van der Waals surface area contributed by atoms with Gasteiger partial charge in [0.1, 0.15) is 17.2 Å². The fourth-order valence-electron chi connectivity index (χ4n) is 6.26. The summed E-state index contributed by atoms with van der Waals surface area (Å²) in [6.45, 7) is 3.22. The molecule has 2 aliphatic heterocycles. The van der Waals surface area contributed by atoms with Crippen molar-refractivity contribution in [2.75, 3.05) is 71.8 Å². The minimum atomic E-state index is -0.239. The molecule has 5 rings (SSSR count). The van der Waals surface area contributed by atoms with Gasteiger partial charge in [-0.05, 0) is 74.3 Å². The topological polar surface area (TPSA) is 54.5 Å². The van der Waals surface area contributed by atoms with Crippen LogP contribution in [-0.2, 0) is 4.79 Å². The lowest BCUT2D eigenvalue weighted by atomic mass is 9.80. The standard InChI is InChI=1S/C34H43N3O4/c1-35(2)25-13-9-23(10-14-25)27(17-20-37-18-7-8-19-37)32-29(39-5)22-30(40-6)33-28(21-31(38)41-34(32)33)24-11-15-26(16-12-24)36(3)4/h9-16,22,27-28H,7-8,17-21H2,1-6H3/t27-,28-/m1/s1. The molecule has 218 valence electrons. The van der Waals surface area contributed by atoms with Crippen LogP contribution >= 0.6 is 0 Å². The second-order valence-corrected chi connectivity index (χ2v) is 11.5. The summed E-state index contributed by atoms with van der Waals surface area (Å²) in [5.41, 5.74) is 6.32. The van der Waals surface area contributed by atoms with Crippen LogP contribution in [0.5, 0.6) is 17.2 Å². The third-order valence-electron chi connectivity index (χ3n) is 8.56. The summed E-state index contributed by atoms with van der Waals surface area (Å²) in [6.07, 6.45) is 3.63. The second-order valence-electron chi connectivity index (χ2n) is 11.5. The molecule has 3 aromatic carbocycles. The molecule has 0 bridgehead atoms. The number of nitrogens with zero attached hydrogens (tertiary/aromatic N) is 3. The average molecular weight is 558 g/mol. The molecule has 0 N–H and O–H groups in total. The number of benzene rings is 3. The van der Waals surface area contributed by atoms with Crippen molar-refractivity contribution in [1.82, 2.24) is 4.90 Å². The molecule has 1 fully saturated rings. The van der Waals surface area contributed by atoms with Crippen LogP contribution in [0, 0.1) is 0 Å². The summed E-state index contributed by atoms with van der Waals surface area (Å²) in [5.74, 6) is 1.50. The van der Waals surface area contributed by atoms with Gasteiger partial charge >= 0.3 is 5.97 Å². The summed E-state index contributed by atoms with van der Waals surface area (Å²) in [7, 11) is 11.5. The molecule has 7 heteroatoms. The number of rotatable bonds is 10. The number of carbonyl (C=O) groups is 1. The summed E-state index contributed by atoms with van der Waals surface area (Å²) in [5, 5.41) is 0. The van der Waals surface area contributed by atoms with Crippen molar-refractivity contribution in [3.63, 3.8) is 0 Å². The third kappa shape index (κ3) is 6.01. The zero-order chi connectivity index (χ0) is 29.1. The Morgan fingerprint density at radius 2 is 1.46 bits per heavy atom. The Kier molecular flexibility index (Phi) is 8.74. The quantitative estimate of drug-likeness (QED) is 0.227. The molecular weight excluding hydrogens is 514 g/mol. The molecule has 7 nitrogen and oxygen atoms in total. The summed E-state index contributed by atoms with van der Waals surface area (Å²) < 4.78 is 18.1. The van der Waals surface area contributed by atoms with E-state index in [4.69, 9.17) is 14.2 Å². The van der Waals surface area contributed by atoms with Gasteiger partial charge in [0.25, 0.3) is 0 Å². The number of esters is 1. The highest BCUT2D eigenvalue weighted by molar-refractivity contribution is 5.81. The van der Waals surface area contributed by atoms with E-state index in [0.717, 1.165) is 54.1 Å². The Morgan fingerprint density at radius 1 is 0.878 bits per heavy atom. The highest BCUT2D eigenvalue weighted by Crippen LogP contribution is 2.53. The number of hydrogen-bond acceptors (Lipinski definition) is 7. The Labute approximate surface area is 244 Å². The van der Waals surface area contributed by atoms with E-state index >= 15 is 0 Å². The van der Waals surface area contributed by atoms with Crippen molar-refractivity contribution in [2.45, 2.75) is 37.5 Å². The SMILES string of the molecule is COc1cc(OC)c2c(c1[C@H](CCN1CCCC1)c1ccc(N(C)C)cc1)OC(=O)C[C@@H]2c1ccc(N(C)C)cc1. The minimum Gasteiger partial charge on any atom is -0.496 e. The monoisotopic (exact) mass is 557 g/mol. The number of carbonyl (C=O) groups excluding carboxylic acids is 1. The highest BCUT2D eigenvalue weighted by atomic mass is 16.5. The molecule has 0 saturated carbocycles. The van der Waals surface area contributed by atoms with Crippen LogP contribution in [0.15, 0.2) is 54.6 Å². The maximum atomic E-state index is 13.3. The molecule has 41 heavy (non-hydrogen) atoms. The van der Waals surface area contributed by atoms with Crippen molar-refractivity contribution in [2.24, 2.45) is 0 Å². The van der Waals surface area contributed by atoms with Gasteiger partial charge in [0, 0.05) is 68.6 Å². The Hall–Kier alpha value is -3.71. The van der Waals surface area contributed by atoms with E-state index in [9.17, 15) is 4.79 Å². The Morgan fingerprint density at radius 3 is 2.02 bits per heavy atom. The first-order chi connectivity index (χ1) is 19.8. The molecule has 2 atom stereocenters. The second kappa shape index (κ2) is 12.4. The van der Waals surface area contributed by atoms with Crippen LogP contribution in [0.25, 0.3) is 0 Å². The number of methoxy groups -OCH3 is 2. The van der Waals surface area contributed by atoms with Crippen molar-refractivity contribution >= 4 is 17.3 Å². The maximum Gasteiger partial charge on any atom is 0.312 e. The van der Waals surface area contributed by atoms with Gasteiger partial charge in [0.2, 0.25) is 0 Å². The van der Waals surface area contributed by atoms with Crippen LogP contribution in [0.2, 0.25) is 0 Å². The fraction of sp³-hybridized carbons (Fsp3) is 0.441. The first-order valence-electron chi connectivity index (χ1n) is 14.6. The van der Waals surface area contributed by atoms with Gasteiger partial charge in [-0.3, -0.25) is 4.79 Å². The first-order valence-corrected chi connectivity index (χ1v) is 14.6. The predicted octanol–water partition coefficient (Wildman–Crippen LogP) is 5.89. The number of fused-ring (bicyclic) bond motifs is 1. The van der Waals surface area contributed by atoms with E-state index in [0.29, 0.717) is 17.2 Å². The molecular formula is C34H43N3O4. The zero-order valence-electron chi connectivity index (χ0n) is 25.3. The molecule has 0 aromatic heterocycles. The lowest BCUT2D eigenvalue weighted by Gasteiger charge is -2.32. The van der Waals surface area contributed by atoms with Crippen molar-refractivity contribution in [1.29, 1.82) is 0 Å². The fourth-order valence-corrected chi connectivity index (χ4v) is 6.26. The first kappa shape index (κ1) is 28.8. The van der Waals surface area contributed by atoms with E-state index in [2.05, 4.69) is 63.2 Å². The van der Waals surface area contributed by atoms with Crippen LogP contribution in [0.4, 0.5) is 11.4 Å². The molecule has 0 spiro atoms. The van der Waals surface area contributed by atoms with Crippen molar-refractivity contribution in [3.05, 3.63) is 76.9 Å². The van der Waals surface area contributed by atoms with Crippen LogP contribution in [0.3, 0.4) is 0 Å². The molecule has 0 aliphatic carbocycles. The molecule has 1 saturated heterocycles. The molecule has 3 aromatic rings. The number of hydrogen-bond donors (Lipinski definition) is 0. The summed E-state index contributed by atoms with van der Waals surface area (Å²) >= 11 is 0. The summed E-state index contributed by atoms with van der Waals surface area (Å²) in [4.78, 5) is 20.0. The minimum absolute atomic E-state index is 0.0240. The van der Waals surface area contributed by atoms with Crippen molar-refractivity contribution < 1.29 is 19.0 Å². The van der Waals surface area contributed by atoms with E-state index in [1.54, 1.807) is 14.2 Å². The number of likely N-dealkylation sites (tertiary alicyclic amines) is 1. The van der Waals surface area contributed by atoms with E-state index in [-0.39, 0.29) is 24.2 Å². The van der Waals surface area contributed by atoms with Gasteiger partial charge in [-0.15, -0.1) is 0 Å². The lowest BCUT2D eigenvalue weighted by molar-refractivity contribution is -0.135. The van der Waals surface area contributed by atoms with Crippen LogP contribution < -0.4 is 24.0 Å². The molecule has 0 amide bonds. The predicted molar refractivity (Wildman–Crippen MR) is 165 cm³/mol. The van der Waals surface area contributed by atoms with E-state index in [1.807, 2.05) is 34.3 Å². The van der Waals surface area contributed by atoms with E-state index in [1.165, 1.54) is 18.4 Å². The smallest absolute Gasteiger partial charge is 0.312 e. The molecule has 0 radical (unpaired) electrons. The van der Waals surface area contributed by atoms with Crippen molar-refractivity contribution in [3.8, 4) is 17.2 Å². The van der Waals surface area contributed by atoms with Gasteiger partial charge in [-0.1, -0.05) is 24.3 Å². The lowest BCUT2D eigenvalue weighted by Crippen LogP contribution is -2.26. The zero-order valence-corrected chi connectivity index (χ0v) is 25.3. The maximum absolute atomic E-state index is 13.3. The molecule has 0 unspecified atom stereocenters. The van der Waals surface area contributed by atoms with Crippen LogP contribution in [-0.4, -0.2) is 72.9 Å². The Balaban J connectivity index is 1.66. The normalized spacial score (nSPS) is 17.5. The summed E-state index contributed by atoms with van der Waals surface area (Å²) in [6, 6.07) is 19.1. The molecule has 2 aliphatic rings. The molecule has 2 heterocycles. The third-order valence-corrected chi connectivity index (χ3v) is 8.56. The van der Waals surface area contributed by atoms with Gasteiger partial charge in [-0.25, -0.2) is 0 Å². The van der Waals surface area contributed by atoms with E-state index < -0.39 is 0 Å². The van der Waals surface area contributed by atoms with Crippen LogP contribution in [0.1, 0.15) is 59.8 Å². The van der Waals surface area contributed by atoms with Gasteiger partial charge in [0.15, 0.2) is 0 Å². The van der Waals surface area contributed by atoms with Gasteiger partial charge < -0.3 is 28.9 Å². The largest absolute Gasteiger partial charge is 0.496 e. The van der Waals surface area contributed by atoms with Gasteiger partial charge in [0.05, 0.1) is 20.6 Å². The average Bonchev–Trinajstić information content (AvgIpc) is 3.50. The highest BCUT2D eigenvalue weighted by Gasteiger charge is 2.37. The number of anilines is 2. The number of ether oxygens (including phenoxy) is 3.